The first-order valence-corrected chi connectivity index (χ1v) is 5.84. The third-order valence-electron chi connectivity index (χ3n) is 2.29. The molecule has 0 saturated heterocycles. The van der Waals surface area contributed by atoms with Gasteiger partial charge >= 0.3 is 0 Å². The van der Waals surface area contributed by atoms with E-state index in [1.54, 1.807) is 13.0 Å². The van der Waals surface area contributed by atoms with Gasteiger partial charge in [-0.25, -0.2) is 0 Å². The molecule has 0 amide bonds. The average molecular weight is 224 g/mol. The fourth-order valence-electron chi connectivity index (χ4n) is 1.40. The Labute approximate surface area is 94.3 Å². The summed E-state index contributed by atoms with van der Waals surface area (Å²) in [5.41, 5.74) is -0.452. The molecule has 0 fully saturated rings. The maximum absolute atomic E-state index is 11.9. The zero-order chi connectivity index (χ0) is 11.6. The average Bonchev–Trinajstić information content (AvgIpc) is 2.65. The van der Waals surface area contributed by atoms with Gasteiger partial charge in [0, 0.05) is 5.41 Å². The molecule has 0 aliphatic carbocycles. The van der Waals surface area contributed by atoms with Gasteiger partial charge in [-0.2, -0.15) is 0 Å². The summed E-state index contributed by atoms with van der Waals surface area (Å²) in [5.74, 6) is -0.602. The van der Waals surface area contributed by atoms with Crippen LogP contribution >= 0.6 is 11.3 Å². The van der Waals surface area contributed by atoms with E-state index >= 15 is 0 Å². The summed E-state index contributed by atoms with van der Waals surface area (Å²) in [6, 6.07) is 3.59. The SMILES string of the molecule is CC(C(=O)c1cccs1)C(=O)C(C)(C)C. The van der Waals surface area contributed by atoms with Gasteiger partial charge in [-0.1, -0.05) is 26.8 Å². The second-order valence-electron chi connectivity index (χ2n) is 4.68. The molecule has 1 aromatic rings. The van der Waals surface area contributed by atoms with Crippen molar-refractivity contribution in [1.82, 2.24) is 0 Å². The molecule has 1 rings (SSSR count). The molecule has 0 aliphatic heterocycles. The third kappa shape index (κ3) is 2.75. The van der Waals surface area contributed by atoms with Crippen LogP contribution in [-0.4, -0.2) is 11.6 Å². The number of carbonyl (C=O) groups is 2. The molecule has 3 heteroatoms. The largest absolute Gasteiger partial charge is 0.298 e. The van der Waals surface area contributed by atoms with E-state index in [2.05, 4.69) is 0 Å². The van der Waals surface area contributed by atoms with Gasteiger partial charge in [-0.15, -0.1) is 11.3 Å². The Morgan fingerprint density at radius 3 is 2.33 bits per heavy atom. The summed E-state index contributed by atoms with van der Waals surface area (Å²) in [6.07, 6.45) is 0. The topological polar surface area (TPSA) is 34.1 Å². The van der Waals surface area contributed by atoms with Crippen molar-refractivity contribution >= 4 is 22.9 Å². The van der Waals surface area contributed by atoms with Gasteiger partial charge in [0.2, 0.25) is 0 Å². The minimum absolute atomic E-state index is 0.000833. The van der Waals surface area contributed by atoms with Gasteiger partial charge in [0.15, 0.2) is 5.78 Å². The van der Waals surface area contributed by atoms with Crippen LogP contribution in [0.1, 0.15) is 37.4 Å². The first-order valence-electron chi connectivity index (χ1n) is 4.96. The second kappa shape index (κ2) is 4.27. The molecule has 1 atom stereocenters. The van der Waals surface area contributed by atoms with E-state index in [-0.39, 0.29) is 11.6 Å². The van der Waals surface area contributed by atoms with Crippen molar-refractivity contribution in [3.8, 4) is 0 Å². The normalized spacial score (nSPS) is 13.6. The Morgan fingerprint density at radius 2 is 1.93 bits per heavy atom. The lowest BCUT2D eigenvalue weighted by atomic mass is 9.82. The molecule has 15 heavy (non-hydrogen) atoms. The number of hydrogen-bond donors (Lipinski definition) is 0. The maximum Gasteiger partial charge on any atom is 0.182 e. The molecule has 82 valence electrons. The van der Waals surface area contributed by atoms with Gasteiger partial charge in [-0.05, 0) is 18.4 Å². The molecule has 1 heterocycles. The van der Waals surface area contributed by atoms with Crippen molar-refractivity contribution in [3.63, 3.8) is 0 Å². The molecule has 0 bridgehead atoms. The standard InChI is InChI=1S/C12H16O2S/c1-8(11(14)12(2,3)4)10(13)9-6-5-7-15-9/h5-8H,1-4H3. The van der Waals surface area contributed by atoms with Gasteiger partial charge < -0.3 is 0 Å². The quantitative estimate of drug-likeness (QED) is 0.583. The number of hydrogen-bond acceptors (Lipinski definition) is 3. The van der Waals surface area contributed by atoms with Crippen molar-refractivity contribution < 1.29 is 9.59 Å². The van der Waals surface area contributed by atoms with Crippen molar-refractivity contribution in [3.05, 3.63) is 22.4 Å². The first-order chi connectivity index (χ1) is 6.84. The van der Waals surface area contributed by atoms with Crippen LogP contribution in [0.3, 0.4) is 0 Å². The highest BCUT2D eigenvalue weighted by molar-refractivity contribution is 7.12. The van der Waals surface area contributed by atoms with Crippen molar-refractivity contribution in [1.29, 1.82) is 0 Å². The molecule has 0 saturated carbocycles. The highest BCUT2D eigenvalue weighted by Crippen LogP contribution is 2.24. The van der Waals surface area contributed by atoms with Crippen LogP contribution in [-0.2, 0) is 4.79 Å². The predicted molar refractivity (Wildman–Crippen MR) is 62.3 cm³/mol. The van der Waals surface area contributed by atoms with Crippen LogP contribution in [0, 0.1) is 11.3 Å². The third-order valence-corrected chi connectivity index (χ3v) is 3.17. The molecular weight excluding hydrogens is 208 g/mol. The summed E-state index contributed by atoms with van der Waals surface area (Å²) in [4.78, 5) is 24.4. The zero-order valence-electron chi connectivity index (χ0n) is 9.53. The number of ketones is 2. The number of Topliss-reactive ketones (excluding diaryl/α,β-unsaturated/α-hetero) is 2. The lowest BCUT2D eigenvalue weighted by Gasteiger charge is -2.20. The van der Waals surface area contributed by atoms with Gasteiger partial charge in [0.05, 0.1) is 10.8 Å². The fraction of sp³-hybridized carbons (Fsp3) is 0.500. The second-order valence-corrected chi connectivity index (χ2v) is 5.63. The van der Waals surface area contributed by atoms with Gasteiger partial charge in [0.25, 0.3) is 0 Å². The fourth-order valence-corrected chi connectivity index (χ4v) is 2.15. The highest BCUT2D eigenvalue weighted by Gasteiger charge is 2.31. The number of carbonyl (C=O) groups excluding carboxylic acids is 2. The van der Waals surface area contributed by atoms with E-state index in [4.69, 9.17) is 0 Å². The lowest BCUT2D eigenvalue weighted by Crippen LogP contribution is -2.31. The minimum Gasteiger partial charge on any atom is -0.298 e. The summed E-state index contributed by atoms with van der Waals surface area (Å²) in [7, 11) is 0. The summed E-state index contributed by atoms with van der Waals surface area (Å²) < 4.78 is 0. The van der Waals surface area contributed by atoms with E-state index in [9.17, 15) is 9.59 Å². The Morgan fingerprint density at radius 1 is 1.33 bits per heavy atom. The van der Waals surface area contributed by atoms with Crippen LogP contribution in [0.4, 0.5) is 0 Å². The molecular formula is C12H16O2S. The first kappa shape index (κ1) is 12.1. The number of thiophene rings is 1. The molecule has 1 aromatic heterocycles. The van der Waals surface area contributed by atoms with Crippen LogP contribution in [0.15, 0.2) is 17.5 Å². The number of rotatable bonds is 3. The van der Waals surface area contributed by atoms with Crippen molar-refractivity contribution in [2.24, 2.45) is 11.3 Å². The highest BCUT2D eigenvalue weighted by atomic mass is 32.1. The van der Waals surface area contributed by atoms with Crippen LogP contribution in [0.5, 0.6) is 0 Å². The molecule has 0 radical (unpaired) electrons. The minimum atomic E-state index is -0.538. The summed E-state index contributed by atoms with van der Waals surface area (Å²) in [5, 5.41) is 1.85. The summed E-state index contributed by atoms with van der Waals surface area (Å²) >= 11 is 1.39. The molecule has 0 aliphatic rings. The predicted octanol–water partition coefficient (Wildman–Crippen LogP) is 3.18. The Balaban J connectivity index is 2.83. The van der Waals surface area contributed by atoms with Gasteiger partial charge in [-0.3, -0.25) is 9.59 Å². The van der Waals surface area contributed by atoms with E-state index < -0.39 is 11.3 Å². The monoisotopic (exact) mass is 224 g/mol. The Bertz CT molecular complexity index is 357. The van der Waals surface area contributed by atoms with Crippen molar-refractivity contribution in [2.75, 3.05) is 0 Å². The smallest absolute Gasteiger partial charge is 0.182 e. The lowest BCUT2D eigenvalue weighted by molar-refractivity contribution is -0.128. The zero-order valence-corrected chi connectivity index (χ0v) is 10.4. The van der Waals surface area contributed by atoms with Crippen molar-refractivity contribution in [2.45, 2.75) is 27.7 Å². The molecule has 1 unspecified atom stereocenters. The van der Waals surface area contributed by atoms with Crippen LogP contribution < -0.4 is 0 Å². The Hall–Kier alpha value is -0.960. The van der Waals surface area contributed by atoms with Crippen LogP contribution in [0.2, 0.25) is 0 Å². The van der Waals surface area contributed by atoms with Gasteiger partial charge in [0.1, 0.15) is 5.78 Å². The van der Waals surface area contributed by atoms with Crippen LogP contribution in [0.25, 0.3) is 0 Å². The molecule has 0 N–H and O–H groups in total. The van der Waals surface area contributed by atoms with E-state index in [0.717, 1.165) is 0 Å². The molecule has 0 spiro atoms. The summed E-state index contributed by atoms with van der Waals surface area (Å²) in [6.45, 7) is 7.21. The molecule has 0 aromatic carbocycles. The maximum atomic E-state index is 11.9. The Kier molecular flexibility index (Phi) is 3.45. The molecule has 2 nitrogen and oxygen atoms in total. The van der Waals surface area contributed by atoms with E-state index in [0.29, 0.717) is 4.88 Å². The van der Waals surface area contributed by atoms with E-state index in [1.807, 2.05) is 32.2 Å². The van der Waals surface area contributed by atoms with E-state index in [1.165, 1.54) is 11.3 Å².